The van der Waals surface area contributed by atoms with E-state index < -0.39 is 7.89 Å². The van der Waals surface area contributed by atoms with Crippen molar-refractivity contribution in [3.63, 3.8) is 0 Å². The van der Waals surface area contributed by atoms with E-state index in [1.54, 1.807) is 0 Å². The molecule has 99 valence electrons. The van der Waals surface area contributed by atoms with Crippen molar-refractivity contribution in [3.8, 4) is 0 Å². The molecule has 1 nitrogen and oxygen atoms in total. The first-order valence-electron chi connectivity index (χ1n) is 5.56. The van der Waals surface area contributed by atoms with Crippen molar-refractivity contribution in [1.82, 2.24) is 0 Å². The molecule has 0 radical (unpaired) electrons. The van der Waals surface area contributed by atoms with Crippen LogP contribution in [0.2, 0.25) is 0 Å². The average Bonchev–Trinajstić information content (AvgIpc) is 2.35. The molecule has 0 aliphatic heterocycles. The van der Waals surface area contributed by atoms with E-state index in [-0.39, 0.29) is 0 Å². The fourth-order valence-electron chi connectivity index (χ4n) is 0.710. The molecule has 1 aromatic carbocycles. The molecular weight excluding hydrogens is 477 g/mol. The summed E-state index contributed by atoms with van der Waals surface area (Å²) >= 11 is 4.73. The predicted octanol–water partition coefficient (Wildman–Crippen LogP) is 5.22. The second kappa shape index (κ2) is 22.0. The van der Waals surface area contributed by atoms with Gasteiger partial charge >= 0.3 is 53.1 Å². The molecule has 0 spiro atoms. The van der Waals surface area contributed by atoms with E-state index in [0.717, 1.165) is 11.8 Å². The third-order valence-corrected chi connectivity index (χ3v) is 1.16. The average molecular weight is 499 g/mol. The second-order valence-corrected chi connectivity index (χ2v) is 20.3. The van der Waals surface area contributed by atoms with Gasteiger partial charge in [0.2, 0.25) is 0 Å². The van der Waals surface area contributed by atoms with Crippen LogP contribution in [-0.2, 0) is 19.1 Å². The quantitative estimate of drug-likeness (QED) is 0.404. The first kappa shape index (κ1) is 22.9. The predicted molar refractivity (Wildman–Crippen MR) is 94.1 cm³/mol. The second-order valence-electron chi connectivity index (χ2n) is 2.16. The van der Waals surface area contributed by atoms with Crippen LogP contribution in [0, 0.1) is 0 Å². The molecule has 0 unspecified atom stereocenters. The van der Waals surface area contributed by atoms with Gasteiger partial charge in [-0.3, -0.25) is 0 Å². The molecule has 0 aromatic heterocycles. The van der Waals surface area contributed by atoms with Gasteiger partial charge in [-0.25, -0.2) is 0 Å². The van der Waals surface area contributed by atoms with Crippen LogP contribution in [0.25, 0.3) is 0 Å². The summed E-state index contributed by atoms with van der Waals surface area (Å²) in [6, 6.07) is 9.68. The number of rotatable bonds is 2. The first-order valence-corrected chi connectivity index (χ1v) is 15.6. The normalized spacial score (nSPS) is 6.94. The van der Waals surface area contributed by atoms with Crippen molar-refractivity contribution in [1.29, 1.82) is 0 Å². The Morgan fingerprint density at radius 2 is 1.47 bits per heavy atom. The number of hydrogen-bond donors (Lipinski definition) is 0. The molecule has 0 amide bonds. The van der Waals surface area contributed by atoms with Crippen molar-refractivity contribution in [2.24, 2.45) is 0 Å². The van der Waals surface area contributed by atoms with E-state index in [1.165, 1.54) is 0 Å². The Morgan fingerprint density at radius 1 is 1.12 bits per heavy atom. The molecular formula is C13H22I2OV. The van der Waals surface area contributed by atoms with Crippen molar-refractivity contribution >= 4 is 51.5 Å². The summed E-state index contributed by atoms with van der Waals surface area (Å²) in [7, 11) is -0.498. The molecule has 0 saturated carbocycles. The zero-order valence-electron chi connectivity index (χ0n) is 11.0. The van der Waals surface area contributed by atoms with Gasteiger partial charge in [0.25, 0.3) is 0 Å². The number of benzene rings is 1. The number of carbonyl (C=O) groups excluding carboxylic acids is 1. The summed E-state index contributed by atoms with van der Waals surface area (Å²) < 4.78 is 0. The van der Waals surface area contributed by atoms with E-state index >= 15 is 0 Å². The van der Waals surface area contributed by atoms with Crippen LogP contribution >= 0.6 is 40.0 Å². The molecule has 0 atom stereocenters. The molecule has 0 heterocycles. The molecule has 0 N–H and O–H groups in total. The minimum atomic E-state index is -0.498. The standard InChI is InChI=1S/C8H8O.2C2H6.CH2.2HI.V/c9-7-6-8-4-2-1-3-5-8;2*1-2;;;;/h1-5,7H,6H2;2*1-2H3;1H2;2*1H;/q;;;;;;+2/p-2. The molecule has 0 aliphatic rings. The van der Waals surface area contributed by atoms with E-state index in [2.05, 4.69) is 45.2 Å². The molecule has 0 fully saturated rings. The van der Waals surface area contributed by atoms with Crippen molar-refractivity contribution in [2.45, 2.75) is 34.1 Å². The zero-order valence-corrected chi connectivity index (χ0v) is 16.7. The van der Waals surface area contributed by atoms with Gasteiger partial charge in [0, 0.05) is 6.42 Å². The number of hydrogen-bond acceptors (Lipinski definition) is 1. The van der Waals surface area contributed by atoms with Crippen LogP contribution < -0.4 is 0 Å². The molecule has 4 heteroatoms. The van der Waals surface area contributed by atoms with E-state index in [1.807, 2.05) is 58.0 Å². The van der Waals surface area contributed by atoms with Gasteiger partial charge in [-0.1, -0.05) is 58.0 Å². The van der Waals surface area contributed by atoms with Crippen LogP contribution in [0.1, 0.15) is 33.3 Å². The summed E-state index contributed by atoms with van der Waals surface area (Å²) in [4.78, 5) is 9.97. The Morgan fingerprint density at radius 3 is 1.76 bits per heavy atom. The monoisotopic (exact) mass is 499 g/mol. The van der Waals surface area contributed by atoms with Crippen molar-refractivity contribution in [3.05, 3.63) is 35.9 Å². The zero-order chi connectivity index (χ0) is 14.1. The Labute approximate surface area is 133 Å². The van der Waals surface area contributed by atoms with Gasteiger partial charge in [-0.15, -0.1) is 0 Å². The van der Waals surface area contributed by atoms with Gasteiger partial charge in [-0.2, -0.15) is 0 Å². The molecule has 1 aromatic rings. The maximum absolute atomic E-state index is 9.97. The van der Waals surface area contributed by atoms with Gasteiger partial charge < -0.3 is 4.79 Å². The third-order valence-electron chi connectivity index (χ3n) is 1.16. The number of halogens is 2. The van der Waals surface area contributed by atoms with Crippen LogP contribution in [0.5, 0.6) is 0 Å². The van der Waals surface area contributed by atoms with E-state index in [9.17, 15) is 4.79 Å². The summed E-state index contributed by atoms with van der Waals surface area (Å²) in [5.74, 6) is 0. The van der Waals surface area contributed by atoms with Crippen LogP contribution in [0.3, 0.4) is 0 Å². The Hall–Kier alpha value is 0.804. The van der Waals surface area contributed by atoms with Gasteiger partial charge in [0.15, 0.2) is 0 Å². The SMILES string of the molecule is CC.CC.O=CCc1ccccc1.[CH2]=[V]([I])[I]. The topological polar surface area (TPSA) is 17.1 Å². The van der Waals surface area contributed by atoms with Crippen LogP contribution in [0.4, 0.5) is 0 Å². The number of aldehydes is 1. The molecule has 0 bridgehead atoms. The van der Waals surface area contributed by atoms with Crippen LogP contribution in [-0.4, -0.2) is 11.5 Å². The minimum absolute atomic E-state index is 0.498. The number of carbonyl (C=O) groups is 1. The molecule has 0 saturated heterocycles. The van der Waals surface area contributed by atoms with Gasteiger partial charge in [-0.05, 0) is 5.56 Å². The van der Waals surface area contributed by atoms with Crippen molar-refractivity contribution in [2.75, 3.05) is 0 Å². The van der Waals surface area contributed by atoms with Gasteiger partial charge in [0.05, 0.1) is 0 Å². The molecule has 0 aliphatic carbocycles. The van der Waals surface area contributed by atoms with E-state index in [4.69, 9.17) is 0 Å². The third kappa shape index (κ3) is 26.4. The van der Waals surface area contributed by atoms with Gasteiger partial charge in [0.1, 0.15) is 6.29 Å². The summed E-state index contributed by atoms with van der Waals surface area (Å²) in [6.45, 7) is 8.00. The van der Waals surface area contributed by atoms with Crippen molar-refractivity contribution < 1.29 is 12.7 Å². The van der Waals surface area contributed by atoms with Crippen LogP contribution in [0.15, 0.2) is 30.3 Å². The summed E-state index contributed by atoms with van der Waals surface area (Å²) in [5, 5.41) is 3.76. The summed E-state index contributed by atoms with van der Waals surface area (Å²) in [5.41, 5.74) is 1.08. The first-order chi connectivity index (χ1) is 8.16. The molecule has 1 rings (SSSR count). The molecule has 17 heavy (non-hydrogen) atoms. The Kier molecular flexibility index (Phi) is 29.7. The maximum atomic E-state index is 9.97. The summed E-state index contributed by atoms with van der Waals surface area (Å²) in [6.07, 6.45) is 1.44. The van der Waals surface area contributed by atoms with E-state index in [0.29, 0.717) is 6.42 Å². The Bertz CT molecular complexity index is 259. The fourth-order valence-corrected chi connectivity index (χ4v) is 0.710. The Balaban J connectivity index is -0.000000208. The fraction of sp³-hybridized carbons (Fsp3) is 0.385.